The zero-order valence-corrected chi connectivity index (χ0v) is 18.6. The van der Waals surface area contributed by atoms with Crippen LogP contribution in [0.3, 0.4) is 0 Å². The maximum absolute atomic E-state index is 6.40. The van der Waals surface area contributed by atoms with E-state index >= 15 is 0 Å². The van der Waals surface area contributed by atoms with E-state index in [1.807, 2.05) is 0 Å². The number of furan rings is 1. The Morgan fingerprint density at radius 2 is 1.72 bits per heavy atom. The molecule has 0 bridgehead atoms. The molecule has 4 rings (SSSR count). The first kappa shape index (κ1) is 19.6. The van der Waals surface area contributed by atoms with Crippen LogP contribution in [0.15, 0.2) is 40.9 Å². The van der Waals surface area contributed by atoms with E-state index in [2.05, 4.69) is 89.7 Å². The van der Waals surface area contributed by atoms with Crippen molar-refractivity contribution in [2.45, 2.75) is 59.8 Å². The van der Waals surface area contributed by atoms with Gasteiger partial charge in [-0.3, -0.25) is 0 Å². The summed E-state index contributed by atoms with van der Waals surface area (Å²) in [4.78, 5) is 4.80. The van der Waals surface area contributed by atoms with Gasteiger partial charge >= 0.3 is 0 Å². The van der Waals surface area contributed by atoms with E-state index in [1.165, 1.54) is 27.9 Å². The molecule has 0 radical (unpaired) electrons. The molecular weight excluding hydrogens is 356 g/mol. The van der Waals surface area contributed by atoms with Crippen molar-refractivity contribution < 1.29 is 8.98 Å². The summed E-state index contributed by atoms with van der Waals surface area (Å²) in [6, 6.07) is 11.0. The topological polar surface area (TPSA) is 29.9 Å². The molecule has 0 aliphatic heterocycles. The molecule has 3 nitrogen and oxygen atoms in total. The molecule has 0 fully saturated rings. The van der Waals surface area contributed by atoms with E-state index in [0.29, 0.717) is 11.8 Å². The Hall–Kier alpha value is -2.68. The number of aromatic nitrogens is 2. The Labute approximate surface area is 173 Å². The molecule has 0 atom stereocenters. The normalized spacial score (nSPS) is 12.0. The van der Waals surface area contributed by atoms with Crippen LogP contribution in [0.5, 0.6) is 0 Å². The lowest BCUT2D eigenvalue weighted by Gasteiger charge is -2.13. The molecule has 0 unspecified atom stereocenters. The van der Waals surface area contributed by atoms with Crippen molar-refractivity contribution in [3.05, 3.63) is 58.9 Å². The lowest BCUT2D eigenvalue weighted by atomic mass is 9.93. The van der Waals surface area contributed by atoms with Crippen molar-refractivity contribution in [2.75, 3.05) is 0 Å². The SMILES string of the molecule is CCc1c[n+](C)c(-c2c(C)ccc3c2oc2nc(C(C)C)ccc23)cc1C(C)C. The number of hydrogen-bond donors (Lipinski definition) is 0. The summed E-state index contributed by atoms with van der Waals surface area (Å²) in [7, 11) is 2.13. The average molecular weight is 388 g/mol. The maximum atomic E-state index is 6.40. The van der Waals surface area contributed by atoms with Gasteiger partial charge in [0, 0.05) is 28.1 Å². The van der Waals surface area contributed by atoms with Gasteiger partial charge < -0.3 is 4.42 Å². The number of hydrogen-bond acceptors (Lipinski definition) is 2. The first-order chi connectivity index (χ1) is 13.8. The minimum absolute atomic E-state index is 0.377. The second-order valence-electron chi connectivity index (χ2n) is 8.74. The second-order valence-corrected chi connectivity index (χ2v) is 8.74. The van der Waals surface area contributed by atoms with Gasteiger partial charge in [0.1, 0.15) is 7.05 Å². The largest absolute Gasteiger partial charge is 0.437 e. The number of benzene rings is 1. The molecule has 0 saturated carbocycles. The van der Waals surface area contributed by atoms with E-state index in [4.69, 9.17) is 9.40 Å². The highest BCUT2D eigenvalue weighted by Gasteiger charge is 2.23. The highest BCUT2D eigenvalue weighted by molar-refractivity contribution is 6.08. The van der Waals surface area contributed by atoms with Crippen LogP contribution in [0.2, 0.25) is 0 Å². The molecular formula is C26H31N2O+. The van der Waals surface area contributed by atoms with Crippen LogP contribution in [0.25, 0.3) is 33.3 Å². The molecule has 0 spiro atoms. The van der Waals surface area contributed by atoms with E-state index in [1.54, 1.807) is 0 Å². The highest BCUT2D eigenvalue weighted by Crippen LogP contribution is 2.37. The van der Waals surface area contributed by atoms with Gasteiger partial charge in [0.15, 0.2) is 11.8 Å². The summed E-state index contributed by atoms with van der Waals surface area (Å²) in [6.07, 6.45) is 3.32. The predicted molar refractivity (Wildman–Crippen MR) is 120 cm³/mol. The van der Waals surface area contributed by atoms with Gasteiger partial charge in [-0.05, 0) is 48.4 Å². The quantitative estimate of drug-likeness (QED) is 0.370. The highest BCUT2D eigenvalue weighted by atomic mass is 16.3. The third-order valence-electron chi connectivity index (χ3n) is 5.98. The van der Waals surface area contributed by atoms with Gasteiger partial charge in [-0.2, -0.15) is 0 Å². The lowest BCUT2D eigenvalue weighted by Crippen LogP contribution is -2.32. The zero-order valence-electron chi connectivity index (χ0n) is 18.6. The number of aryl methyl sites for hydroxylation is 3. The Bertz CT molecular complexity index is 1210. The average Bonchev–Trinajstić information content (AvgIpc) is 3.05. The third-order valence-corrected chi connectivity index (χ3v) is 5.98. The smallest absolute Gasteiger partial charge is 0.227 e. The van der Waals surface area contributed by atoms with Crippen molar-refractivity contribution >= 4 is 22.1 Å². The molecule has 29 heavy (non-hydrogen) atoms. The van der Waals surface area contributed by atoms with Gasteiger partial charge in [-0.25, -0.2) is 9.55 Å². The summed E-state index contributed by atoms with van der Waals surface area (Å²) >= 11 is 0. The fourth-order valence-electron chi connectivity index (χ4n) is 4.27. The molecule has 0 saturated heterocycles. The molecule has 0 N–H and O–H groups in total. The van der Waals surface area contributed by atoms with Crippen LogP contribution in [-0.4, -0.2) is 4.98 Å². The molecule has 0 aliphatic rings. The zero-order chi connectivity index (χ0) is 20.9. The van der Waals surface area contributed by atoms with Crippen LogP contribution < -0.4 is 4.57 Å². The molecule has 1 aromatic carbocycles. The summed E-state index contributed by atoms with van der Waals surface area (Å²) in [5.74, 6) is 0.858. The minimum atomic E-state index is 0.377. The number of nitrogens with zero attached hydrogens (tertiary/aromatic N) is 2. The van der Waals surface area contributed by atoms with E-state index < -0.39 is 0 Å². The second kappa shape index (κ2) is 7.29. The van der Waals surface area contributed by atoms with Crippen LogP contribution in [0.1, 0.15) is 68.8 Å². The Balaban J connectivity index is 2.04. The Kier molecular flexibility index (Phi) is 4.94. The summed E-state index contributed by atoms with van der Waals surface area (Å²) in [6.45, 7) is 13.3. The molecule has 3 heteroatoms. The van der Waals surface area contributed by atoms with Crippen LogP contribution in [0.4, 0.5) is 0 Å². The van der Waals surface area contributed by atoms with Crippen LogP contribution >= 0.6 is 0 Å². The minimum Gasteiger partial charge on any atom is -0.437 e. The number of fused-ring (bicyclic) bond motifs is 3. The van der Waals surface area contributed by atoms with Crippen molar-refractivity contribution in [1.82, 2.24) is 4.98 Å². The third kappa shape index (κ3) is 3.23. The van der Waals surface area contributed by atoms with Crippen molar-refractivity contribution in [3.8, 4) is 11.3 Å². The van der Waals surface area contributed by atoms with Crippen molar-refractivity contribution in [2.24, 2.45) is 7.05 Å². The summed E-state index contributed by atoms with van der Waals surface area (Å²) in [5.41, 5.74) is 9.12. The van der Waals surface area contributed by atoms with E-state index in [0.717, 1.165) is 34.2 Å². The Morgan fingerprint density at radius 3 is 2.38 bits per heavy atom. The van der Waals surface area contributed by atoms with Gasteiger partial charge in [0.05, 0.1) is 5.56 Å². The fraction of sp³-hybridized carbons (Fsp3) is 0.385. The van der Waals surface area contributed by atoms with E-state index in [9.17, 15) is 0 Å². The fourth-order valence-corrected chi connectivity index (χ4v) is 4.27. The molecule has 150 valence electrons. The lowest BCUT2D eigenvalue weighted by molar-refractivity contribution is -0.660. The number of pyridine rings is 2. The first-order valence-corrected chi connectivity index (χ1v) is 10.7. The number of rotatable bonds is 4. The van der Waals surface area contributed by atoms with Crippen molar-refractivity contribution in [1.29, 1.82) is 0 Å². The molecule has 0 aliphatic carbocycles. The van der Waals surface area contributed by atoms with Gasteiger partial charge in [-0.15, -0.1) is 0 Å². The first-order valence-electron chi connectivity index (χ1n) is 10.7. The van der Waals surface area contributed by atoms with E-state index in [-0.39, 0.29) is 0 Å². The van der Waals surface area contributed by atoms with Crippen LogP contribution in [-0.2, 0) is 13.5 Å². The summed E-state index contributed by atoms with van der Waals surface area (Å²) < 4.78 is 8.64. The molecule has 3 heterocycles. The van der Waals surface area contributed by atoms with Crippen LogP contribution in [0, 0.1) is 6.92 Å². The Morgan fingerprint density at radius 1 is 1.00 bits per heavy atom. The summed E-state index contributed by atoms with van der Waals surface area (Å²) in [5, 5.41) is 2.22. The molecule has 3 aromatic heterocycles. The van der Waals surface area contributed by atoms with Crippen molar-refractivity contribution in [3.63, 3.8) is 0 Å². The molecule has 4 aromatic rings. The maximum Gasteiger partial charge on any atom is 0.227 e. The van der Waals surface area contributed by atoms with Gasteiger partial charge in [0.25, 0.3) is 0 Å². The van der Waals surface area contributed by atoms with Gasteiger partial charge in [0.2, 0.25) is 11.4 Å². The monoisotopic (exact) mass is 387 g/mol. The molecule has 0 amide bonds. The predicted octanol–water partition coefficient (Wildman–Crippen LogP) is 6.59. The standard InChI is InChI=1S/C26H31N2O/c1-8-18-14-28(7)23(13-21(18)15(2)3)24-17(6)9-10-19-20-11-12-22(16(4)5)27-26(20)29-25(19)24/h9-16H,8H2,1-7H3/q+1. The van der Waals surface area contributed by atoms with Gasteiger partial charge in [-0.1, -0.05) is 46.8 Å².